The Morgan fingerprint density at radius 1 is 1.62 bits per heavy atom. The average molecular weight is 241 g/mol. The molecule has 0 radical (unpaired) electrons. The topological polar surface area (TPSA) is 93.2 Å². The Bertz CT molecular complexity index is 507. The fourth-order valence-electron chi connectivity index (χ4n) is 1.10. The predicted octanol–water partition coefficient (Wildman–Crippen LogP) is 1.91. The number of rotatable bonds is 2. The summed E-state index contributed by atoms with van der Waals surface area (Å²) < 4.78 is 4.42. The van der Waals surface area contributed by atoms with E-state index in [1.807, 2.05) is 0 Å². The van der Waals surface area contributed by atoms with Gasteiger partial charge in [0.1, 0.15) is 11.1 Å². The largest absolute Gasteiger partial charge is 0.465 e. The number of hydrogen-bond donors (Lipinski definition) is 0. The van der Waals surface area contributed by atoms with Crippen LogP contribution in [0, 0.1) is 21.4 Å². The molecule has 0 atom stereocenters. The van der Waals surface area contributed by atoms with Crippen LogP contribution in [0.5, 0.6) is 0 Å². The van der Waals surface area contributed by atoms with Crippen LogP contribution in [0.1, 0.15) is 15.9 Å². The van der Waals surface area contributed by atoms with Crippen molar-refractivity contribution in [3.05, 3.63) is 38.4 Å². The second kappa shape index (κ2) is 4.59. The van der Waals surface area contributed by atoms with Crippen LogP contribution in [0.15, 0.2) is 12.1 Å². The quantitative estimate of drug-likeness (QED) is 0.447. The van der Waals surface area contributed by atoms with Gasteiger partial charge < -0.3 is 4.74 Å². The normalized spacial score (nSPS) is 9.31. The van der Waals surface area contributed by atoms with Gasteiger partial charge in [0, 0.05) is 6.07 Å². The Balaban J connectivity index is 3.48. The van der Waals surface area contributed by atoms with E-state index in [9.17, 15) is 14.9 Å². The fraction of sp³-hybridized carbons (Fsp3) is 0.111. The molecule has 16 heavy (non-hydrogen) atoms. The molecule has 0 amide bonds. The minimum Gasteiger partial charge on any atom is -0.465 e. The molecule has 0 unspecified atom stereocenters. The number of nitriles is 1. The van der Waals surface area contributed by atoms with E-state index in [-0.39, 0.29) is 16.1 Å². The van der Waals surface area contributed by atoms with Crippen molar-refractivity contribution >= 4 is 23.3 Å². The summed E-state index contributed by atoms with van der Waals surface area (Å²) in [5, 5.41) is 19.0. The number of nitro benzene ring substituents is 1. The zero-order chi connectivity index (χ0) is 12.3. The van der Waals surface area contributed by atoms with Gasteiger partial charge in [0.15, 0.2) is 0 Å². The van der Waals surface area contributed by atoms with Crippen LogP contribution in [0.3, 0.4) is 0 Å². The maximum absolute atomic E-state index is 11.2. The summed E-state index contributed by atoms with van der Waals surface area (Å²) in [6.45, 7) is 0. The average Bonchev–Trinajstić information content (AvgIpc) is 2.26. The lowest BCUT2D eigenvalue weighted by atomic mass is 10.1. The second-order valence-corrected chi connectivity index (χ2v) is 3.06. The summed E-state index contributed by atoms with van der Waals surface area (Å²) in [5.74, 6) is -0.770. The standard InChI is InChI=1S/C9H5ClN2O4/c1-16-9(13)5-2-3-7(12(14)15)8(10)6(5)4-11/h2-3H,1H3. The van der Waals surface area contributed by atoms with E-state index < -0.39 is 16.6 Å². The monoisotopic (exact) mass is 240 g/mol. The number of nitro groups is 1. The third-order valence-corrected chi connectivity index (χ3v) is 2.22. The predicted molar refractivity (Wildman–Crippen MR) is 54.2 cm³/mol. The summed E-state index contributed by atoms with van der Waals surface area (Å²) in [7, 11) is 1.14. The van der Waals surface area contributed by atoms with E-state index in [0.717, 1.165) is 19.2 Å². The zero-order valence-electron chi connectivity index (χ0n) is 8.06. The van der Waals surface area contributed by atoms with Gasteiger partial charge >= 0.3 is 5.97 Å². The number of nitrogens with zero attached hydrogens (tertiary/aromatic N) is 2. The number of halogens is 1. The highest BCUT2D eigenvalue weighted by Gasteiger charge is 2.22. The first kappa shape index (κ1) is 11.9. The first-order valence-electron chi connectivity index (χ1n) is 3.98. The summed E-state index contributed by atoms with van der Waals surface area (Å²) in [6, 6.07) is 3.82. The molecule has 0 heterocycles. The summed E-state index contributed by atoms with van der Waals surface area (Å²) in [6.07, 6.45) is 0. The van der Waals surface area contributed by atoms with Crippen molar-refractivity contribution in [3.8, 4) is 6.07 Å². The fourth-order valence-corrected chi connectivity index (χ4v) is 1.37. The van der Waals surface area contributed by atoms with E-state index in [4.69, 9.17) is 16.9 Å². The number of hydrogen-bond acceptors (Lipinski definition) is 5. The van der Waals surface area contributed by atoms with Gasteiger partial charge in [-0.2, -0.15) is 5.26 Å². The third kappa shape index (κ3) is 1.94. The van der Waals surface area contributed by atoms with Gasteiger partial charge in [0.2, 0.25) is 0 Å². The van der Waals surface area contributed by atoms with Crippen molar-refractivity contribution in [2.24, 2.45) is 0 Å². The van der Waals surface area contributed by atoms with Gasteiger partial charge in [-0.3, -0.25) is 10.1 Å². The molecule has 1 aromatic rings. The van der Waals surface area contributed by atoms with Crippen molar-refractivity contribution in [1.82, 2.24) is 0 Å². The molecule has 1 rings (SSSR count). The van der Waals surface area contributed by atoms with E-state index in [0.29, 0.717) is 0 Å². The van der Waals surface area contributed by atoms with Gasteiger partial charge in [-0.15, -0.1) is 0 Å². The van der Waals surface area contributed by atoms with E-state index >= 15 is 0 Å². The lowest BCUT2D eigenvalue weighted by Gasteiger charge is -2.03. The first-order valence-corrected chi connectivity index (χ1v) is 4.36. The van der Waals surface area contributed by atoms with Crippen molar-refractivity contribution in [1.29, 1.82) is 5.26 Å². The summed E-state index contributed by atoms with van der Waals surface area (Å²) >= 11 is 5.64. The lowest BCUT2D eigenvalue weighted by molar-refractivity contribution is -0.384. The molecule has 0 saturated carbocycles. The SMILES string of the molecule is COC(=O)c1ccc([N+](=O)[O-])c(Cl)c1C#N. The van der Waals surface area contributed by atoms with Gasteiger partial charge in [-0.25, -0.2) is 4.79 Å². The molecule has 0 N–H and O–H groups in total. The Morgan fingerprint density at radius 3 is 2.69 bits per heavy atom. The van der Waals surface area contributed by atoms with Crippen LogP contribution in [0.4, 0.5) is 5.69 Å². The molecule has 0 spiro atoms. The molecular formula is C9H5ClN2O4. The van der Waals surface area contributed by atoms with Gasteiger partial charge in [0.05, 0.1) is 23.2 Å². The van der Waals surface area contributed by atoms with Crippen LogP contribution in [-0.2, 0) is 4.74 Å². The molecule has 1 aromatic carbocycles. The van der Waals surface area contributed by atoms with Crippen LogP contribution in [0.25, 0.3) is 0 Å². The van der Waals surface area contributed by atoms with Crippen molar-refractivity contribution in [2.75, 3.05) is 7.11 Å². The Morgan fingerprint density at radius 2 is 2.25 bits per heavy atom. The molecule has 0 bridgehead atoms. The Kier molecular flexibility index (Phi) is 3.43. The van der Waals surface area contributed by atoms with Crippen molar-refractivity contribution in [2.45, 2.75) is 0 Å². The van der Waals surface area contributed by atoms with Crippen molar-refractivity contribution in [3.63, 3.8) is 0 Å². The number of ether oxygens (including phenoxy) is 1. The number of esters is 1. The molecule has 82 valence electrons. The lowest BCUT2D eigenvalue weighted by Crippen LogP contribution is -2.05. The Hall–Kier alpha value is -2.13. The maximum Gasteiger partial charge on any atom is 0.339 e. The van der Waals surface area contributed by atoms with Crippen molar-refractivity contribution < 1.29 is 14.5 Å². The number of carbonyl (C=O) groups is 1. The number of methoxy groups -OCH3 is 1. The Labute approximate surface area is 95.2 Å². The molecule has 0 aromatic heterocycles. The molecule has 0 fully saturated rings. The van der Waals surface area contributed by atoms with Crippen LogP contribution in [0.2, 0.25) is 5.02 Å². The van der Waals surface area contributed by atoms with Crippen LogP contribution >= 0.6 is 11.6 Å². The summed E-state index contributed by atoms with van der Waals surface area (Å²) in [5.41, 5.74) is -0.783. The van der Waals surface area contributed by atoms with Gasteiger partial charge in [0.25, 0.3) is 5.69 Å². The van der Waals surface area contributed by atoms with E-state index in [2.05, 4.69) is 4.74 Å². The van der Waals surface area contributed by atoms with Gasteiger partial charge in [-0.05, 0) is 6.07 Å². The molecular weight excluding hydrogens is 236 g/mol. The maximum atomic E-state index is 11.2. The zero-order valence-corrected chi connectivity index (χ0v) is 8.82. The van der Waals surface area contributed by atoms with Gasteiger partial charge in [-0.1, -0.05) is 11.6 Å². The smallest absolute Gasteiger partial charge is 0.339 e. The molecule has 6 nitrogen and oxygen atoms in total. The highest BCUT2D eigenvalue weighted by molar-refractivity contribution is 6.34. The van der Waals surface area contributed by atoms with Crippen LogP contribution in [-0.4, -0.2) is 18.0 Å². The third-order valence-electron chi connectivity index (χ3n) is 1.84. The first-order chi connectivity index (χ1) is 7.52. The molecule has 0 aliphatic heterocycles. The summed E-state index contributed by atoms with van der Waals surface area (Å²) in [4.78, 5) is 21.0. The molecule has 0 aliphatic carbocycles. The second-order valence-electron chi connectivity index (χ2n) is 2.68. The van der Waals surface area contributed by atoms with E-state index in [1.165, 1.54) is 0 Å². The van der Waals surface area contributed by atoms with E-state index in [1.54, 1.807) is 6.07 Å². The molecule has 0 aliphatic rings. The molecule has 7 heteroatoms. The number of benzene rings is 1. The van der Waals surface area contributed by atoms with Crippen LogP contribution < -0.4 is 0 Å². The number of carbonyl (C=O) groups excluding carboxylic acids is 1. The highest BCUT2D eigenvalue weighted by atomic mass is 35.5. The molecule has 0 saturated heterocycles. The minimum atomic E-state index is -0.770. The highest BCUT2D eigenvalue weighted by Crippen LogP contribution is 2.30. The minimum absolute atomic E-state index is 0.0967.